The molecule has 2 aromatic rings. The Balaban J connectivity index is 1.57. The predicted molar refractivity (Wildman–Crippen MR) is 86.9 cm³/mol. The topological polar surface area (TPSA) is 23.6 Å². The molecule has 0 spiro atoms. The van der Waals surface area contributed by atoms with E-state index in [1.807, 2.05) is 12.1 Å². The van der Waals surface area contributed by atoms with Crippen LogP contribution in [0.4, 0.5) is 4.39 Å². The lowest BCUT2D eigenvalue weighted by Gasteiger charge is -2.34. The van der Waals surface area contributed by atoms with Crippen molar-refractivity contribution >= 4 is 28.8 Å². The smallest absolute Gasteiger partial charge is 0.256 e. The van der Waals surface area contributed by atoms with Crippen LogP contribution in [0.25, 0.3) is 0 Å². The van der Waals surface area contributed by atoms with E-state index >= 15 is 0 Å². The van der Waals surface area contributed by atoms with Crippen molar-refractivity contribution in [3.8, 4) is 0 Å². The zero-order valence-corrected chi connectivity index (χ0v) is 13.5. The lowest BCUT2D eigenvalue weighted by Crippen LogP contribution is -2.48. The number of amides is 1. The van der Waals surface area contributed by atoms with Crippen LogP contribution in [-0.2, 0) is 6.54 Å². The monoisotopic (exact) mass is 338 g/mol. The first-order valence-corrected chi connectivity index (χ1v) is 8.33. The lowest BCUT2D eigenvalue weighted by atomic mass is 10.1. The van der Waals surface area contributed by atoms with Crippen LogP contribution in [0.3, 0.4) is 0 Å². The van der Waals surface area contributed by atoms with Crippen LogP contribution in [-0.4, -0.2) is 41.9 Å². The summed E-state index contributed by atoms with van der Waals surface area (Å²) in [5, 5.41) is 0. The molecule has 0 unspecified atom stereocenters. The minimum atomic E-state index is -0.455. The highest BCUT2D eigenvalue weighted by Crippen LogP contribution is 2.23. The van der Waals surface area contributed by atoms with E-state index in [0.717, 1.165) is 24.0 Å². The Morgan fingerprint density at radius 2 is 1.86 bits per heavy atom. The van der Waals surface area contributed by atoms with Crippen molar-refractivity contribution in [1.82, 2.24) is 9.80 Å². The molecule has 0 N–H and O–H groups in total. The van der Waals surface area contributed by atoms with Gasteiger partial charge in [-0.15, -0.1) is 11.3 Å². The Kier molecular flexibility index (Phi) is 4.76. The van der Waals surface area contributed by atoms with Gasteiger partial charge in [-0.05, 0) is 24.3 Å². The summed E-state index contributed by atoms with van der Waals surface area (Å²) in [6.07, 6.45) is 0. The summed E-state index contributed by atoms with van der Waals surface area (Å²) in [7, 11) is 0. The van der Waals surface area contributed by atoms with E-state index in [1.165, 1.54) is 17.0 Å². The Morgan fingerprint density at radius 1 is 1.14 bits per heavy atom. The molecule has 0 saturated carbocycles. The third-order valence-corrected chi connectivity index (χ3v) is 4.99. The van der Waals surface area contributed by atoms with Gasteiger partial charge in [-0.3, -0.25) is 9.69 Å². The first-order chi connectivity index (χ1) is 10.6. The molecule has 3 rings (SSSR count). The van der Waals surface area contributed by atoms with Crippen LogP contribution in [0.15, 0.2) is 36.4 Å². The molecule has 0 aliphatic carbocycles. The second-order valence-corrected chi connectivity index (χ2v) is 7.05. The molecule has 0 bridgehead atoms. The number of halogens is 2. The fourth-order valence-electron chi connectivity index (χ4n) is 2.57. The highest BCUT2D eigenvalue weighted by molar-refractivity contribution is 7.16. The summed E-state index contributed by atoms with van der Waals surface area (Å²) in [5.41, 5.74) is 0.154. The molecular formula is C16H16ClFN2OS. The van der Waals surface area contributed by atoms with E-state index in [4.69, 9.17) is 11.6 Å². The molecule has 3 nitrogen and oxygen atoms in total. The third kappa shape index (κ3) is 3.48. The number of carbonyl (C=O) groups is 1. The van der Waals surface area contributed by atoms with E-state index in [1.54, 1.807) is 28.4 Å². The van der Waals surface area contributed by atoms with Crippen molar-refractivity contribution in [3.63, 3.8) is 0 Å². The van der Waals surface area contributed by atoms with Crippen LogP contribution in [0, 0.1) is 5.82 Å². The van der Waals surface area contributed by atoms with Gasteiger partial charge in [-0.1, -0.05) is 23.7 Å². The molecule has 1 aromatic heterocycles. The zero-order valence-electron chi connectivity index (χ0n) is 12.0. The average molecular weight is 339 g/mol. The molecule has 0 radical (unpaired) electrons. The maximum Gasteiger partial charge on any atom is 0.256 e. The molecule has 22 heavy (non-hydrogen) atoms. The predicted octanol–water partition coefficient (Wildman–Crippen LogP) is 3.50. The van der Waals surface area contributed by atoms with Gasteiger partial charge in [0.15, 0.2) is 0 Å². The molecule has 1 fully saturated rings. The highest BCUT2D eigenvalue weighted by Gasteiger charge is 2.24. The van der Waals surface area contributed by atoms with E-state index in [-0.39, 0.29) is 11.5 Å². The Labute approximate surface area is 137 Å². The Hall–Kier alpha value is -1.43. The van der Waals surface area contributed by atoms with Gasteiger partial charge < -0.3 is 4.90 Å². The fraction of sp³-hybridized carbons (Fsp3) is 0.312. The van der Waals surface area contributed by atoms with Crippen LogP contribution in [0.2, 0.25) is 4.34 Å². The minimum absolute atomic E-state index is 0.154. The Morgan fingerprint density at radius 3 is 2.50 bits per heavy atom. The molecule has 2 heterocycles. The molecule has 0 atom stereocenters. The largest absolute Gasteiger partial charge is 0.336 e. The molecule has 1 saturated heterocycles. The quantitative estimate of drug-likeness (QED) is 0.855. The van der Waals surface area contributed by atoms with Gasteiger partial charge in [-0.2, -0.15) is 0 Å². The molecular weight excluding hydrogens is 323 g/mol. The molecule has 6 heteroatoms. The van der Waals surface area contributed by atoms with Gasteiger partial charge in [0, 0.05) is 37.6 Å². The number of hydrogen-bond donors (Lipinski definition) is 0. The standard InChI is InChI=1S/C16H16ClFN2OS/c17-15-6-5-12(22-15)11-19-7-9-20(10-8-19)16(21)13-3-1-2-4-14(13)18/h1-6H,7-11H2. The number of thiophene rings is 1. The lowest BCUT2D eigenvalue weighted by molar-refractivity contribution is 0.0625. The van der Waals surface area contributed by atoms with Crippen LogP contribution < -0.4 is 0 Å². The van der Waals surface area contributed by atoms with Crippen LogP contribution >= 0.6 is 22.9 Å². The van der Waals surface area contributed by atoms with Gasteiger partial charge in [0.1, 0.15) is 5.82 Å². The van der Waals surface area contributed by atoms with Gasteiger partial charge in [0.25, 0.3) is 5.91 Å². The summed E-state index contributed by atoms with van der Waals surface area (Å²) < 4.78 is 14.5. The molecule has 1 aliphatic rings. The maximum absolute atomic E-state index is 13.7. The summed E-state index contributed by atoms with van der Waals surface area (Å²) in [4.78, 5) is 17.6. The van der Waals surface area contributed by atoms with E-state index in [0.29, 0.717) is 13.1 Å². The average Bonchev–Trinajstić information content (AvgIpc) is 2.93. The summed E-state index contributed by atoms with van der Waals surface area (Å²) in [5.74, 6) is -0.680. The van der Waals surface area contributed by atoms with Crippen LogP contribution in [0.1, 0.15) is 15.2 Å². The molecule has 1 aromatic carbocycles. The second-order valence-electron chi connectivity index (χ2n) is 5.25. The van der Waals surface area contributed by atoms with Crippen LogP contribution in [0.5, 0.6) is 0 Å². The first-order valence-electron chi connectivity index (χ1n) is 7.14. The molecule has 1 amide bonds. The molecule has 116 valence electrons. The van der Waals surface area contributed by atoms with Crippen molar-refractivity contribution in [2.75, 3.05) is 26.2 Å². The van der Waals surface area contributed by atoms with Crippen molar-refractivity contribution < 1.29 is 9.18 Å². The number of benzene rings is 1. The summed E-state index contributed by atoms with van der Waals surface area (Å²) >= 11 is 7.52. The van der Waals surface area contributed by atoms with Crippen molar-refractivity contribution in [1.29, 1.82) is 0 Å². The first kappa shape index (κ1) is 15.5. The second kappa shape index (κ2) is 6.77. The molecule has 1 aliphatic heterocycles. The number of rotatable bonds is 3. The van der Waals surface area contributed by atoms with E-state index in [9.17, 15) is 9.18 Å². The van der Waals surface area contributed by atoms with Crippen molar-refractivity contribution in [2.45, 2.75) is 6.54 Å². The Bertz CT molecular complexity index is 668. The fourth-order valence-corrected chi connectivity index (χ4v) is 3.70. The summed E-state index contributed by atoms with van der Waals surface area (Å²) in [6.45, 7) is 3.66. The van der Waals surface area contributed by atoms with Gasteiger partial charge in [0.05, 0.1) is 9.90 Å². The number of piperazine rings is 1. The summed E-state index contributed by atoms with van der Waals surface area (Å²) in [6, 6.07) is 10.1. The number of carbonyl (C=O) groups excluding carboxylic acids is 1. The number of nitrogens with zero attached hydrogens (tertiary/aromatic N) is 2. The van der Waals surface area contributed by atoms with Crippen molar-refractivity contribution in [3.05, 3.63) is 57.0 Å². The highest BCUT2D eigenvalue weighted by atomic mass is 35.5. The SMILES string of the molecule is O=C(c1ccccc1F)N1CCN(Cc2ccc(Cl)s2)CC1. The normalized spacial score (nSPS) is 16.0. The van der Waals surface area contributed by atoms with E-state index < -0.39 is 5.82 Å². The van der Waals surface area contributed by atoms with Crippen molar-refractivity contribution in [2.24, 2.45) is 0 Å². The zero-order chi connectivity index (χ0) is 15.5. The van der Waals surface area contributed by atoms with Gasteiger partial charge in [0.2, 0.25) is 0 Å². The number of hydrogen-bond acceptors (Lipinski definition) is 3. The van der Waals surface area contributed by atoms with E-state index in [2.05, 4.69) is 4.90 Å². The maximum atomic E-state index is 13.7. The van der Waals surface area contributed by atoms with Gasteiger partial charge >= 0.3 is 0 Å². The third-order valence-electron chi connectivity index (χ3n) is 3.77. The minimum Gasteiger partial charge on any atom is -0.336 e. The van der Waals surface area contributed by atoms with Gasteiger partial charge in [-0.25, -0.2) is 4.39 Å².